The topological polar surface area (TPSA) is 84.5 Å². The molecule has 1 aliphatic rings. The van der Waals surface area contributed by atoms with E-state index < -0.39 is 15.6 Å². The van der Waals surface area contributed by atoms with E-state index in [-0.39, 0.29) is 16.7 Å². The van der Waals surface area contributed by atoms with Gasteiger partial charge >= 0.3 is 0 Å². The number of hydrogen-bond acceptors (Lipinski definition) is 4. The number of ether oxygens (including phenoxy) is 1. The molecule has 1 atom stereocenters. The number of hydrogen-bond donors (Lipinski definition) is 2. The average molecular weight is 326 g/mol. The van der Waals surface area contributed by atoms with E-state index in [2.05, 4.69) is 10.0 Å². The molecule has 2 rings (SSSR count). The number of amides is 1. The van der Waals surface area contributed by atoms with Crippen LogP contribution in [-0.4, -0.2) is 33.1 Å². The van der Waals surface area contributed by atoms with Gasteiger partial charge in [-0.1, -0.05) is 6.07 Å². The lowest BCUT2D eigenvalue weighted by molar-refractivity contribution is -0.119. The summed E-state index contributed by atoms with van der Waals surface area (Å²) in [4.78, 5) is 12.2. The largest absolute Gasteiger partial charge is 0.381 e. The lowest BCUT2D eigenvalue weighted by Crippen LogP contribution is -2.40. The molecule has 1 heterocycles. The maximum absolute atomic E-state index is 12.3. The van der Waals surface area contributed by atoms with Crippen molar-refractivity contribution in [2.75, 3.05) is 18.5 Å². The van der Waals surface area contributed by atoms with Crippen molar-refractivity contribution in [1.29, 1.82) is 0 Å². The summed E-state index contributed by atoms with van der Waals surface area (Å²) in [5, 5.41) is 2.75. The molecule has 1 fully saturated rings. The molecule has 2 N–H and O–H groups in total. The molecule has 0 radical (unpaired) electrons. The van der Waals surface area contributed by atoms with E-state index in [0.717, 1.165) is 0 Å². The van der Waals surface area contributed by atoms with Crippen LogP contribution >= 0.6 is 0 Å². The molecule has 0 saturated carbocycles. The number of nitrogens with one attached hydrogen (secondary N) is 2. The third-order valence-electron chi connectivity index (χ3n) is 3.15. The second-order valence-electron chi connectivity index (χ2n) is 6.43. The van der Waals surface area contributed by atoms with Gasteiger partial charge in [-0.2, -0.15) is 0 Å². The summed E-state index contributed by atoms with van der Waals surface area (Å²) < 4.78 is 32.4. The summed E-state index contributed by atoms with van der Waals surface area (Å²) >= 11 is 0. The molecule has 1 amide bonds. The fourth-order valence-electron chi connectivity index (χ4n) is 2.19. The highest BCUT2D eigenvalue weighted by Crippen LogP contribution is 2.20. The van der Waals surface area contributed by atoms with Crippen molar-refractivity contribution >= 4 is 21.6 Å². The van der Waals surface area contributed by atoms with Gasteiger partial charge in [0.2, 0.25) is 15.9 Å². The van der Waals surface area contributed by atoms with E-state index in [9.17, 15) is 13.2 Å². The maximum atomic E-state index is 12.3. The fraction of sp³-hybridized carbons (Fsp3) is 0.533. The second kappa shape index (κ2) is 6.36. The number of carbonyl (C=O) groups excluding carboxylic acids is 1. The molecule has 22 heavy (non-hydrogen) atoms. The van der Waals surface area contributed by atoms with Crippen LogP contribution in [0.4, 0.5) is 5.69 Å². The molecule has 122 valence electrons. The molecule has 0 aromatic heterocycles. The summed E-state index contributed by atoms with van der Waals surface area (Å²) in [6, 6.07) is 6.24. The minimum atomic E-state index is -3.62. The number of anilines is 1. The maximum Gasteiger partial charge on any atom is 0.241 e. The number of benzene rings is 1. The third kappa shape index (κ3) is 4.53. The van der Waals surface area contributed by atoms with Crippen LogP contribution in [0.25, 0.3) is 0 Å². The lowest BCUT2D eigenvalue weighted by atomic mass is 10.1. The number of carbonyl (C=O) groups is 1. The van der Waals surface area contributed by atoms with Crippen LogP contribution in [0, 0.1) is 5.92 Å². The van der Waals surface area contributed by atoms with Gasteiger partial charge in [0.15, 0.2) is 0 Å². The predicted octanol–water partition coefficient (Wildman–Crippen LogP) is 1.74. The zero-order valence-corrected chi connectivity index (χ0v) is 13.9. The molecule has 1 unspecified atom stereocenters. The Balaban J connectivity index is 2.14. The van der Waals surface area contributed by atoms with Crippen molar-refractivity contribution in [3.8, 4) is 0 Å². The molecule has 1 aliphatic heterocycles. The lowest BCUT2D eigenvalue weighted by Gasteiger charge is -2.20. The molecule has 6 nitrogen and oxygen atoms in total. The SMILES string of the molecule is CC(C)(C)NS(=O)(=O)c1cccc(NC(=O)C2CCOC2)c1. The highest BCUT2D eigenvalue weighted by atomic mass is 32.2. The second-order valence-corrected chi connectivity index (χ2v) is 8.12. The first-order valence-corrected chi connectivity index (χ1v) is 8.68. The number of rotatable bonds is 4. The zero-order valence-electron chi connectivity index (χ0n) is 13.0. The summed E-state index contributed by atoms with van der Waals surface area (Å²) in [5.41, 5.74) is -0.104. The van der Waals surface area contributed by atoms with Crippen molar-refractivity contribution in [2.24, 2.45) is 5.92 Å². The Kier molecular flexibility index (Phi) is 4.89. The molecule has 0 aliphatic carbocycles. The number of sulfonamides is 1. The molecule has 0 spiro atoms. The van der Waals surface area contributed by atoms with Gasteiger partial charge < -0.3 is 10.1 Å². The van der Waals surface area contributed by atoms with E-state index in [1.54, 1.807) is 32.9 Å². The molecule has 7 heteroatoms. The smallest absolute Gasteiger partial charge is 0.241 e. The van der Waals surface area contributed by atoms with Crippen molar-refractivity contribution in [3.05, 3.63) is 24.3 Å². The van der Waals surface area contributed by atoms with Crippen molar-refractivity contribution in [3.63, 3.8) is 0 Å². The first kappa shape index (κ1) is 16.9. The Morgan fingerprint density at radius 1 is 1.32 bits per heavy atom. The van der Waals surface area contributed by atoms with Crippen molar-refractivity contribution in [1.82, 2.24) is 4.72 Å². The summed E-state index contributed by atoms with van der Waals surface area (Å²) in [6.07, 6.45) is 0.690. The molecular formula is C15H22N2O4S. The van der Waals surface area contributed by atoms with Crippen molar-refractivity contribution < 1.29 is 17.9 Å². The normalized spacial score (nSPS) is 19.1. The van der Waals surface area contributed by atoms with Crippen LogP contribution in [-0.2, 0) is 19.6 Å². The molecule has 1 aromatic rings. The van der Waals surface area contributed by atoms with Gasteiger partial charge in [-0.15, -0.1) is 0 Å². The Labute approximate surface area is 131 Å². The molecule has 1 aromatic carbocycles. The van der Waals surface area contributed by atoms with Crippen LogP contribution in [0.5, 0.6) is 0 Å². The van der Waals surface area contributed by atoms with Crippen LogP contribution in [0.1, 0.15) is 27.2 Å². The Bertz CT molecular complexity index is 644. The Morgan fingerprint density at radius 3 is 2.64 bits per heavy atom. The van der Waals surface area contributed by atoms with E-state index >= 15 is 0 Å². The first-order valence-electron chi connectivity index (χ1n) is 7.20. The molecular weight excluding hydrogens is 304 g/mol. The van der Waals surface area contributed by atoms with E-state index in [1.165, 1.54) is 12.1 Å². The highest BCUT2D eigenvalue weighted by molar-refractivity contribution is 7.89. The Morgan fingerprint density at radius 2 is 2.05 bits per heavy atom. The van der Waals surface area contributed by atoms with Gasteiger partial charge in [0.05, 0.1) is 17.4 Å². The van der Waals surface area contributed by atoms with Crippen LogP contribution < -0.4 is 10.0 Å². The average Bonchev–Trinajstić information content (AvgIpc) is 2.90. The Hall–Kier alpha value is -1.44. The summed E-state index contributed by atoms with van der Waals surface area (Å²) in [6.45, 7) is 6.32. The monoisotopic (exact) mass is 326 g/mol. The minimum absolute atomic E-state index is 0.128. The van der Waals surface area contributed by atoms with Crippen molar-refractivity contribution in [2.45, 2.75) is 37.6 Å². The van der Waals surface area contributed by atoms with Gasteiger partial charge in [-0.3, -0.25) is 4.79 Å². The van der Waals surface area contributed by atoms with E-state index in [1.807, 2.05) is 0 Å². The molecule has 1 saturated heterocycles. The summed E-state index contributed by atoms with van der Waals surface area (Å²) in [5.74, 6) is -0.316. The third-order valence-corrected chi connectivity index (χ3v) is 4.91. The molecule has 0 bridgehead atoms. The minimum Gasteiger partial charge on any atom is -0.381 e. The predicted molar refractivity (Wildman–Crippen MR) is 84.1 cm³/mol. The summed E-state index contributed by atoms with van der Waals surface area (Å²) in [7, 11) is -3.62. The van der Waals surface area contributed by atoms with Crippen LogP contribution in [0.3, 0.4) is 0 Å². The highest BCUT2D eigenvalue weighted by Gasteiger charge is 2.25. The van der Waals surface area contributed by atoms with Crippen LogP contribution in [0.2, 0.25) is 0 Å². The van der Waals surface area contributed by atoms with Gasteiger partial charge in [0.25, 0.3) is 0 Å². The van der Waals surface area contributed by atoms with Gasteiger partial charge in [-0.25, -0.2) is 13.1 Å². The first-order chi connectivity index (χ1) is 10.2. The zero-order chi connectivity index (χ0) is 16.4. The van der Waals surface area contributed by atoms with E-state index in [0.29, 0.717) is 25.3 Å². The van der Waals surface area contributed by atoms with Gasteiger partial charge in [0.1, 0.15) is 0 Å². The van der Waals surface area contributed by atoms with E-state index in [4.69, 9.17) is 4.74 Å². The van der Waals surface area contributed by atoms with Gasteiger partial charge in [0, 0.05) is 17.8 Å². The standard InChI is InChI=1S/C15H22N2O4S/c1-15(2,3)17-22(19,20)13-6-4-5-12(9-13)16-14(18)11-7-8-21-10-11/h4-6,9,11,17H,7-8,10H2,1-3H3,(H,16,18). The fourth-order valence-corrected chi connectivity index (χ4v) is 3.65. The quantitative estimate of drug-likeness (QED) is 0.882. The van der Waals surface area contributed by atoms with Gasteiger partial charge in [-0.05, 0) is 45.4 Å². The van der Waals surface area contributed by atoms with Crippen LogP contribution in [0.15, 0.2) is 29.2 Å².